The van der Waals surface area contributed by atoms with Crippen LogP contribution in [0.15, 0.2) is 27.3 Å². The number of benzene rings is 1. The molecule has 0 fully saturated rings. The third-order valence-corrected chi connectivity index (χ3v) is 3.48. The maximum atomic E-state index is 13.8. The van der Waals surface area contributed by atoms with Gasteiger partial charge in [0.2, 0.25) is 0 Å². The highest BCUT2D eigenvalue weighted by Crippen LogP contribution is 2.27. The summed E-state index contributed by atoms with van der Waals surface area (Å²) >= 11 is 6.45. The Morgan fingerprint density at radius 1 is 1.41 bits per heavy atom. The van der Waals surface area contributed by atoms with Crippen LogP contribution in [0.2, 0.25) is 0 Å². The summed E-state index contributed by atoms with van der Waals surface area (Å²) in [7, 11) is 1.71. The van der Waals surface area contributed by atoms with E-state index in [4.69, 9.17) is 5.73 Å². The standard InChI is InChI=1S/C10H9Br2FN4/c1-17-9(10(12)15-16-17)8(14)6-3-2-5(11)4-7(6)13/h2-4,8H,14H2,1H3. The van der Waals surface area contributed by atoms with E-state index in [1.54, 1.807) is 19.2 Å². The van der Waals surface area contributed by atoms with Gasteiger partial charge in [-0.2, -0.15) is 0 Å². The summed E-state index contributed by atoms with van der Waals surface area (Å²) in [6.45, 7) is 0. The van der Waals surface area contributed by atoms with Crippen molar-refractivity contribution < 1.29 is 4.39 Å². The van der Waals surface area contributed by atoms with Gasteiger partial charge in [-0.25, -0.2) is 9.07 Å². The molecule has 0 saturated heterocycles. The predicted octanol–water partition coefficient (Wildman–Crippen LogP) is 2.53. The quantitative estimate of drug-likeness (QED) is 0.891. The summed E-state index contributed by atoms with van der Waals surface area (Å²) in [4.78, 5) is 0. The molecule has 1 aromatic carbocycles. The van der Waals surface area contributed by atoms with Crippen molar-refractivity contribution in [3.63, 3.8) is 0 Å². The maximum Gasteiger partial charge on any atom is 0.153 e. The fourth-order valence-electron chi connectivity index (χ4n) is 1.57. The molecule has 0 aliphatic rings. The molecule has 7 heteroatoms. The van der Waals surface area contributed by atoms with E-state index in [0.29, 0.717) is 20.3 Å². The van der Waals surface area contributed by atoms with Crippen LogP contribution in [-0.4, -0.2) is 15.0 Å². The molecule has 0 spiro atoms. The molecule has 0 radical (unpaired) electrons. The zero-order chi connectivity index (χ0) is 12.6. The van der Waals surface area contributed by atoms with E-state index in [2.05, 4.69) is 42.2 Å². The van der Waals surface area contributed by atoms with Gasteiger partial charge in [0.1, 0.15) is 5.82 Å². The van der Waals surface area contributed by atoms with Crippen molar-refractivity contribution in [2.75, 3.05) is 0 Å². The molecule has 2 rings (SSSR count). The van der Waals surface area contributed by atoms with Crippen LogP contribution < -0.4 is 5.73 Å². The van der Waals surface area contributed by atoms with Crippen LogP contribution in [0.3, 0.4) is 0 Å². The molecular weight excluding hydrogens is 355 g/mol. The Morgan fingerprint density at radius 3 is 2.65 bits per heavy atom. The number of nitrogens with two attached hydrogens (primary N) is 1. The predicted molar refractivity (Wildman–Crippen MR) is 68.8 cm³/mol. The summed E-state index contributed by atoms with van der Waals surface area (Å²) in [5.41, 5.74) is 7.06. The SMILES string of the molecule is Cn1nnc(Br)c1C(N)c1ccc(Br)cc1F. The molecule has 1 aromatic heterocycles. The van der Waals surface area contributed by atoms with Gasteiger partial charge in [0.05, 0.1) is 11.7 Å². The molecule has 0 aliphatic carbocycles. The number of nitrogens with zero attached hydrogens (tertiary/aromatic N) is 3. The number of halogens is 3. The van der Waals surface area contributed by atoms with Gasteiger partial charge in [-0.05, 0) is 28.1 Å². The Bertz CT molecular complexity index is 536. The van der Waals surface area contributed by atoms with Crippen LogP contribution in [0, 0.1) is 5.82 Å². The highest BCUT2D eigenvalue weighted by Gasteiger charge is 2.20. The molecule has 17 heavy (non-hydrogen) atoms. The third kappa shape index (κ3) is 2.41. The lowest BCUT2D eigenvalue weighted by molar-refractivity contribution is 0.583. The van der Waals surface area contributed by atoms with Gasteiger partial charge in [0.25, 0.3) is 0 Å². The second-order valence-electron chi connectivity index (χ2n) is 3.53. The minimum atomic E-state index is -0.613. The van der Waals surface area contributed by atoms with E-state index in [1.807, 2.05) is 0 Å². The third-order valence-electron chi connectivity index (χ3n) is 2.42. The van der Waals surface area contributed by atoms with Crippen LogP contribution in [0.4, 0.5) is 4.39 Å². The molecule has 1 unspecified atom stereocenters. The van der Waals surface area contributed by atoms with Crippen LogP contribution in [0.25, 0.3) is 0 Å². The normalized spacial score (nSPS) is 12.8. The second kappa shape index (κ2) is 4.83. The van der Waals surface area contributed by atoms with Crippen molar-refractivity contribution in [1.29, 1.82) is 0 Å². The highest BCUT2D eigenvalue weighted by molar-refractivity contribution is 9.10. The minimum absolute atomic E-state index is 0.361. The largest absolute Gasteiger partial charge is 0.319 e. The molecular formula is C10H9Br2FN4. The van der Waals surface area contributed by atoms with Crippen molar-refractivity contribution in [3.05, 3.63) is 44.3 Å². The fourth-order valence-corrected chi connectivity index (χ4v) is 2.48. The number of aryl methyl sites for hydroxylation is 1. The highest BCUT2D eigenvalue weighted by atomic mass is 79.9. The molecule has 2 aromatic rings. The van der Waals surface area contributed by atoms with Gasteiger partial charge < -0.3 is 5.73 Å². The molecule has 0 saturated carbocycles. The fraction of sp³-hybridized carbons (Fsp3) is 0.200. The second-order valence-corrected chi connectivity index (χ2v) is 5.20. The van der Waals surface area contributed by atoms with Crippen LogP contribution >= 0.6 is 31.9 Å². The van der Waals surface area contributed by atoms with Crippen molar-refractivity contribution >= 4 is 31.9 Å². The van der Waals surface area contributed by atoms with Gasteiger partial charge in [0.15, 0.2) is 4.60 Å². The topological polar surface area (TPSA) is 56.7 Å². The zero-order valence-corrected chi connectivity index (χ0v) is 12.0. The first-order chi connectivity index (χ1) is 8.00. The first kappa shape index (κ1) is 12.7. The first-order valence-corrected chi connectivity index (χ1v) is 6.35. The van der Waals surface area contributed by atoms with Gasteiger partial charge >= 0.3 is 0 Å². The number of hydrogen-bond acceptors (Lipinski definition) is 3. The monoisotopic (exact) mass is 362 g/mol. The lowest BCUT2D eigenvalue weighted by Crippen LogP contribution is -2.17. The molecule has 90 valence electrons. The smallest absolute Gasteiger partial charge is 0.153 e. The van der Waals surface area contributed by atoms with Gasteiger partial charge in [0, 0.05) is 17.1 Å². The Balaban J connectivity index is 2.47. The summed E-state index contributed by atoms with van der Waals surface area (Å²) in [5.74, 6) is -0.361. The Kier molecular flexibility index (Phi) is 3.60. The molecule has 1 heterocycles. The lowest BCUT2D eigenvalue weighted by Gasteiger charge is -2.13. The number of aromatic nitrogens is 3. The molecule has 0 amide bonds. The van der Waals surface area contributed by atoms with E-state index < -0.39 is 6.04 Å². The van der Waals surface area contributed by atoms with Crippen molar-refractivity contribution in [3.8, 4) is 0 Å². The summed E-state index contributed by atoms with van der Waals surface area (Å²) in [6.07, 6.45) is 0. The minimum Gasteiger partial charge on any atom is -0.319 e. The Labute approximate surface area is 114 Å². The summed E-state index contributed by atoms with van der Waals surface area (Å²) in [5, 5.41) is 7.65. The molecule has 1 atom stereocenters. The first-order valence-electron chi connectivity index (χ1n) is 4.76. The molecule has 0 bridgehead atoms. The number of hydrogen-bond donors (Lipinski definition) is 1. The van der Waals surface area contributed by atoms with E-state index in [-0.39, 0.29) is 5.82 Å². The Morgan fingerprint density at radius 2 is 2.12 bits per heavy atom. The average molecular weight is 364 g/mol. The molecule has 0 aliphatic heterocycles. The van der Waals surface area contributed by atoms with E-state index >= 15 is 0 Å². The van der Waals surface area contributed by atoms with E-state index in [9.17, 15) is 4.39 Å². The molecule has 2 N–H and O–H groups in total. The zero-order valence-electron chi connectivity index (χ0n) is 8.86. The van der Waals surface area contributed by atoms with Crippen LogP contribution in [0.5, 0.6) is 0 Å². The van der Waals surface area contributed by atoms with Crippen LogP contribution in [-0.2, 0) is 7.05 Å². The molecule has 4 nitrogen and oxygen atoms in total. The van der Waals surface area contributed by atoms with E-state index in [0.717, 1.165) is 0 Å². The van der Waals surface area contributed by atoms with E-state index in [1.165, 1.54) is 10.7 Å². The van der Waals surface area contributed by atoms with Gasteiger partial charge in [-0.3, -0.25) is 0 Å². The number of rotatable bonds is 2. The maximum absolute atomic E-state index is 13.8. The van der Waals surface area contributed by atoms with Gasteiger partial charge in [-0.1, -0.05) is 27.2 Å². The van der Waals surface area contributed by atoms with Gasteiger partial charge in [-0.15, -0.1) is 5.10 Å². The van der Waals surface area contributed by atoms with Crippen LogP contribution in [0.1, 0.15) is 17.3 Å². The van der Waals surface area contributed by atoms with Crippen molar-refractivity contribution in [1.82, 2.24) is 15.0 Å². The lowest BCUT2D eigenvalue weighted by atomic mass is 10.0. The summed E-state index contributed by atoms with van der Waals surface area (Å²) in [6, 6.07) is 4.16. The van der Waals surface area contributed by atoms with Crippen molar-refractivity contribution in [2.24, 2.45) is 12.8 Å². The van der Waals surface area contributed by atoms with Crippen molar-refractivity contribution in [2.45, 2.75) is 6.04 Å². The summed E-state index contributed by atoms with van der Waals surface area (Å²) < 4.78 is 16.5. The Hall–Kier alpha value is -0.790. The average Bonchev–Trinajstić information content (AvgIpc) is 2.58.